The standard InChI is InChI=1S/C14H23N3O2/c1-2-3-4-5-6-7-13-16-9-11-17(13,10-8-15)12-14(18)19/h4-5,9,11H,2-3,6-8,10,12,15H2,1H3/p+1/b5-4+. The van der Waals surface area contributed by atoms with Crippen molar-refractivity contribution in [3.63, 3.8) is 0 Å². The second-order valence-electron chi connectivity index (χ2n) is 4.74. The lowest BCUT2D eigenvalue weighted by Gasteiger charge is -2.30. The van der Waals surface area contributed by atoms with Gasteiger partial charge in [-0.1, -0.05) is 25.5 Å². The Morgan fingerprint density at radius 1 is 1.47 bits per heavy atom. The van der Waals surface area contributed by atoms with E-state index in [2.05, 4.69) is 24.1 Å². The van der Waals surface area contributed by atoms with Crippen molar-refractivity contribution < 1.29 is 14.4 Å². The molecule has 0 aromatic heterocycles. The Hall–Kier alpha value is -1.46. The zero-order valence-corrected chi connectivity index (χ0v) is 11.6. The Morgan fingerprint density at radius 2 is 2.21 bits per heavy atom. The number of unbranched alkanes of at least 4 members (excludes halogenated alkanes) is 1. The van der Waals surface area contributed by atoms with Crippen molar-refractivity contribution in [3.05, 3.63) is 24.6 Å². The van der Waals surface area contributed by atoms with Gasteiger partial charge in [-0.25, -0.2) is 14.3 Å². The summed E-state index contributed by atoms with van der Waals surface area (Å²) in [5.74, 6) is 0.0724. The predicted octanol–water partition coefficient (Wildman–Crippen LogP) is 1.87. The van der Waals surface area contributed by atoms with Gasteiger partial charge in [0.15, 0.2) is 6.54 Å². The van der Waals surface area contributed by atoms with Gasteiger partial charge in [0.1, 0.15) is 12.7 Å². The number of carboxylic acid groups (broad SMARTS) is 1. The van der Waals surface area contributed by atoms with E-state index in [0.717, 1.165) is 31.5 Å². The van der Waals surface area contributed by atoms with Gasteiger partial charge in [-0.3, -0.25) is 0 Å². The van der Waals surface area contributed by atoms with Crippen LogP contribution in [0.2, 0.25) is 0 Å². The van der Waals surface area contributed by atoms with Crippen molar-refractivity contribution in [1.29, 1.82) is 0 Å². The molecule has 0 aromatic carbocycles. The van der Waals surface area contributed by atoms with Crippen LogP contribution in [0.1, 0.15) is 32.6 Å². The van der Waals surface area contributed by atoms with Crippen LogP contribution in [0.5, 0.6) is 0 Å². The summed E-state index contributed by atoms with van der Waals surface area (Å²) in [4.78, 5) is 15.4. The average molecular weight is 266 g/mol. The van der Waals surface area contributed by atoms with E-state index in [1.807, 2.05) is 6.20 Å². The van der Waals surface area contributed by atoms with E-state index in [1.165, 1.54) is 0 Å². The third-order valence-electron chi connectivity index (χ3n) is 3.19. The number of aliphatic imine (C=N–C) groups is 1. The lowest BCUT2D eigenvalue weighted by atomic mass is 10.2. The van der Waals surface area contributed by atoms with Gasteiger partial charge in [-0.05, 0) is 12.8 Å². The molecule has 1 aliphatic heterocycles. The van der Waals surface area contributed by atoms with Crippen LogP contribution < -0.4 is 5.73 Å². The fourth-order valence-corrected chi connectivity index (χ4v) is 2.25. The molecule has 1 rings (SSSR count). The van der Waals surface area contributed by atoms with E-state index in [-0.39, 0.29) is 11.0 Å². The first-order valence-electron chi connectivity index (χ1n) is 6.83. The number of quaternary nitrogens is 1. The summed E-state index contributed by atoms with van der Waals surface area (Å²) >= 11 is 0. The van der Waals surface area contributed by atoms with E-state index in [4.69, 9.17) is 10.8 Å². The summed E-state index contributed by atoms with van der Waals surface area (Å²) in [7, 11) is 0. The lowest BCUT2D eigenvalue weighted by molar-refractivity contribution is -0.778. The molecule has 19 heavy (non-hydrogen) atoms. The van der Waals surface area contributed by atoms with Gasteiger partial charge in [0.25, 0.3) is 0 Å². The summed E-state index contributed by atoms with van der Waals surface area (Å²) in [6.07, 6.45) is 11.7. The molecule has 0 aromatic rings. The minimum Gasteiger partial charge on any atom is -0.477 e. The lowest BCUT2D eigenvalue weighted by Crippen LogP contribution is -2.52. The van der Waals surface area contributed by atoms with Crippen LogP contribution in [-0.2, 0) is 4.79 Å². The van der Waals surface area contributed by atoms with E-state index in [0.29, 0.717) is 13.1 Å². The maximum atomic E-state index is 11.0. The van der Waals surface area contributed by atoms with Crippen LogP contribution in [0.4, 0.5) is 0 Å². The zero-order valence-electron chi connectivity index (χ0n) is 11.6. The third-order valence-corrected chi connectivity index (χ3v) is 3.19. The molecule has 5 nitrogen and oxygen atoms in total. The average Bonchev–Trinajstić information content (AvgIpc) is 2.71. The molecule has 0 saturated carbocycles. The molecule has 106 valence electrons. The Morgan fingerprint density at radius 3 is 2.84 bits per heavy atom. The molecule has 0 radical (unpaired) electrons. The molecule has 0 amide bonds. The number of amidine groups is 1. The summed E-state index contributed by atoms with van der Waals surface area (Å²) in [5, 5.41) is 9.07. The second kappa shape index (κ2) is 7.86. The number of hydrogen-bond acceptors (Lipinski definition) is 3. The molecule has 1 heterocycles. The minimum atomic E-state index is -0.825. The molecule has 0 bridgehead atoms. The van der Waals surface area contributed by atoms with Crippen molar-refractivity contribution in [2.45, 2.75) is 32.6 Å². The van der Waals surface area contributed by atoms with Gasteiger partial charge in [0.2, 0.25) is 5.84 Å². The largest absolute Gasteiger partial charge is 0.477 e. The zero-order chi connectivity index (χ0) is 14.1. The van der Waals surface area contributed by atoms with E-state index >= 15 is 0 Å². The first-order valence-corrected chi connectivity index (χ1v) is 6.83. The van der Waals surface area contributed by atoms with E-state index in [9.17, 15) is 4.79 Å². The van der Waals surface area contributed by atoms with Gasteiger partial charge in [-0.2, -0.15) is 0 Å². The van der Waals surface area contributed by atoms with Crippen LogP contribution in [0.15, 0.2) is 29.5 Å². The topological polar surface area (TPSA) is 75.7 Å². The number of carbonyl (C=O) groups is 1. The summed E-state index contributed by atoms with van der Waals surface area (Å²) in [6, 6.07) is 0. The molecule has 1 aliphatic rings. The highest BCUT2D eigenvalue weighted by atomic mass is 16.4. The normalized spacial score (nSPS) is 22.1. The van der Waals surface area contributed by atoms with Gasteiger partial charge in [-0.15, -0.1) is 0 Å². The first-order chi connectivity index (χ1) is 9.14. The maximum Gasteiger partial charge on any atom is 0.360 e. The second-order valence-corrected chi connectivity index (χ2v) is 4.74. The fourth-order valence-electron chi connectivity index (χ4n) is 2.25. The summed E-state index contributed by atoms with van der Waals surface area (Å²) in [5.41, 5.74) is 5.61. The third kappa shape index (κ3) is 4.61. The van der Waals surface area contributed by atoms with Crippen LogP contribution in [0.3, 0.4) is 0 Å². The van der Waals surface area contributed by atoms with Gasteiger partial charge in [0, 0.05) is 13.0 Å². The highest BCUT2D eigenvalue weighted by molar-refractivity contribution is 5.81. The van der Waals surface area contributed by atoms with Gasteiger partial charge in [0.05, 0.1) is 6.20 Å². The quantitative estimate of drug-likeness (QED) is 0.494. The molecule has 1 atom stereocenters. The number of allylic oxidation sites excluding steroid dienone is 2. The van der Waals surface area contributed by atoms with Crippen molar-refractivity contribution in [2.75, 3.05) is 19.6 Å². The number of nitrogens with zero attached hydrogens (tertiary/aromatic N) is 2. The molecule has 1 unspecified atom stereocenters. The maximum absolute atomic E-state index is 11.0. The van der Waals surface area contributed by atoms with Gasteiger partial charge >= 0.3 is 5.97 Å². The molecule has 3 N–H and O–H groups in total. The molecule has 0 spiro atoms. The van der Waals surface area contributed by atoms with Crippen LogP contribution >= 0.6 is 0 Å². The Bertz CT molecular complexity index is 388. The highest BCUT2D eigenvalue weighted by Gasteiger charge is 2.36. The number of rotatable bonds is 9. The van der Waals surface area contributed by atoms with Crippen LogP contribution in [0.25, 0.3) is 0 Å². The minimum absolute atomic E-state index is 0.0191. The highest BCUT2D eigenvalue weighted by Crippen LogP contribution is 2.19. The smallest absolute Gasteiger partial charge is 0.360 e. The molecular weight excluding hydrogens is 242 g/mol. The Balaban J connectivity index is 2.62. The number of nitrogens with two attached hydrogens (primary N) is 1. The molecule has 0 aliphatic carbocycles. The fraction of sp³-hybridized carbons (Fsp3) is 0.571. The summed E-state index contributed by atoms with van der Waals surface area (Å²) < 4.78 is 0.271. The Labute approximate surface area is 114 Å². The molecule has 5 heteroatoms. The number of aliphatic carboxylic acids is 1. The number of carboxylic acids is 1. The van der Waals surface area contributed by atoms with E-state index in [1.54, 1.807) is 6.20 Å². The van der Waals surface area contributed by atoms with Crippen molar-refractivity contribution in [3.8, 4) is 0 Å². The van der Waals surface area contributed by atoms with Crippen LogP contribution in [0, 0.1) is 0 Å². The number of hydrogen-bond donors (Lipinski definition) is 2. The Kier molecular flexibility index (Phi) is 6.45. The van der Waals surface area contributed by atoms with Crippen molar-refractivity contribution in [2.24, 2.45) is 10.7 Å². The summed E-state index contributed by atoms with van der Waals surface area (Å²) in [6.45, 7) is 3.19. The van der Waals surface area contributed by atoms with Crippen LogP contribution in [-0.4, -0.2) is 41.0 Å². The van der Waals surface area contributed by atoms with Gasteiger partial charge < -0.3 is 10.8 Å². The van der Waals surface area contributed by atoms with Crippen molar-refractivity contribution in [1.82, 2.24) is 0 Å². The van der Waals surface area contributed by atoms with E-state index < -0.39 is 5.97 Å². The van der Waals surface area contributed by atoms with Crippen molar-refractivity contribution >= 4 is 11.8 Å². The molecular formula is C14H24N3O2+. The molecule has 0 fully saturated rings. The predicted molar refractivity (Wildman–Crippen MR) is 76.5 cm³/mol. The monoisotopic (exact) mass is 266 g/mol. The SMILES string of the molecule is CCC/C=C/CCC1=NC=C[N+]1(CCN)CC(=O)O. The first kappa shape index (κ1) is 15.6. The molecule has 0 saturated heterocycles.